The quantitative estimate of drug-likeness (QED) is 0.729. The summed E-state index contributed by atoms with van der Waals surface area (Å²) in [5, 5.41) is 0. The molecule has 0 aromatic heterocycles. The number of ether oxygens (including phenoxy) is 3. The molecule has 0 fully saturated rings. The normalized spacial score (nSPS) is 21.6. The Morgan fingerprint density at radius 3 is 2.94 bits per heavy atom. The Kier molecular flexibility index (Phi) is 2.83. The number of rotatable bonds is 4. The largest absolute Gasteiger partial charge is 0.464 e. The van der Waals surface area contributed by atoms with E-state index in [1.54, 1.807) is 18.2 Å². The maximum absolute atomic E-state index is 11.8. The van der Waals surface area contributed by atoms with E-state index in [1.165, 1.54) is 7.11 Å². The van der Waals surface area contributed by atoms with E-state index in [-0.39, 0.29) is 0 Å². The molecule has 1 atom stereocenters. The number of carbonyl (C=O) groups excluding carboxylic acids is 1. The lowest BCUT2D eigenvalue weighted by Gasteiger charge is -2.26. The molecule has 1 aromatic rings. The van der Waals surface area contributed by atoms with Gasteiger partial charge in [-0.2, -0.15) is 0 Å². The SMILES string of the molecule is CCCOC1(C(=O)OC)Oc2cccc1c2. The third-order valence-electron chi connectivity index (χ3n) is 2.44. The third kappa shape index (κ3) is 1.55. The summed E-state index contributed by atoms with van der Waals surface area (Å²) >= 11 is 0. The van der Waals surface area contributed by atoms with Gasteiger partial charge in [0.25, 0.3) is 0 Å². The predicted octanol–water partition coefficient (Wildman–Crippen LogP) is 1.83. The smallest absolute Gasteiger partial charge is 0.384 e. The minimum absolute atomic E-state index is 0.438. The molecule has 16 heavy (non-hydrogen) atoms. The number of hydrogen-bond donors (Lipinski definition) is 0. The van der Waals surface area contributed by atoms with Gasteiger partial charge < -0.3 is 14.2 Å². The van der Waals surface area contributed by atoms with E-state index in [0.29, 0.717) is 17.9 Å². The van der Waals surface area contributed by atoms with Gasteiger partial charge in [-0.05, 0) is 18.6 Å². The second-order valence-electron chi connectivity index (χ2n) is 3.59. The van der Waals surface area contributed by atoms with Crippen LogP contribution in [0.2, 0.25) is 0 Å². The van der Waals surface area contributed by atoms with Gasteiger partial charge in [0, 0.05) is 5.56 Å². The Labute approximate surface area is 94.1 Å². The topological polar surface area (TPSA) is 44.8 Å². The highest BCUT2D eigenvalue weighted by atomic mass is 16.7. The predicted molar refractivity (Wildman–Crippen MR) is 57.0 cm³/mol. The van der Waals surface area contributed by atoms with Gasteiger partial charge in [0.15, 0.2) is 0 Å². The molecule has 0 spiro atoms. The van der Waals surface area contributed by atoms with Crippen LogP contribution in [-0.2, 0) is 20.1 Å². The van der Waals surface area contributed by atoms with E-state index in [4.69, 9.17) is 14.2 Å². The van der Waals surface area contributed by atoms with Crippen molar-refractivity contribution < 1.29 is 19.0 Å². The van der Waals surface area contributed by atoms with Crippen LogP contribution in [0.1, 0.15) is 18.9 Å². The van der Waals surface area contributed by atoms with Gasteiger partial charge in [-0.25, -0.2) is 4.79 Å². The zero-order valence-corrected chi connectivity index (χ0v) is 9.36. The summed E-state index contributed by atoms with van der Waals surface area (Å²) in [6, 6.07) is 7.18. The average Bonchev–Trinajstić information content (AvgIpc) is 2.58. The van der Waals surface area contributed by atoms with Crippen molar-refractivity contribution in [3.63, 3.8) is 0 Å². The van der Waals surface area contributed by atoms with Gasteiger partial charge in [0.1, 0.15) is 5.75 Å². The van der Waals surface area contributed by atoms with Gasteiger partial charge in [0.05, 0.1) is 13.7 Å². The molecule has 1 heterocycles. The Balaban J connectivity index is 2.33. The van der Waals surface area contributed by atoms with Crippen LogP contribution in [0.5, 0.6) is 5.75 Å². The Bertz CT molecular complexity index is 402. The Morgan fingerprint density at radius 1 is 1.50 bits per heavy atom. The standard InChI is InChI=1S/C12H14O4/c1-3-7-15-12(11(13)14-2)9-5-4-6-10(8-9)16-12/h4-6,8H,3,7H2,1-2H3. The molecule has 2 rings (SSSR count). The van der Waals surface area contributed by atoms with Crippen LogP contribution in [0.25, 0.3) is 0 Å². The molecule has 86 valence electrons. The monoisotopic (exact) mass is 222 g/mol. The second-order valence-corrected chi connectivity index (χ2v) is 3.59. The number of methoxy groups -OCH3 is 1. The lowest BCUT2D eigenvalue weighted by Crippen LogP contribution is -2.43. The van der Waals surface area contributed by atoms with E-state index in [0.717, 1.165) is 6.42 Å². The summed E-state index contributed by atoms with van der Waals surface area (Å²) in [7, 11) is 1.32. The van der Waals surface area contributed by atoms with Crippen LogP contribution < -0.4 is 4.74 Å². The fourth-order valence-electron chi connectivity index (χ4n) is 1.70. The zero-order valence-electron chi connectivity index (χ0n) is 9.36. The molecule has 0 aliphatic carbocycles. The van der Waals surface area contributed by atoms with Crippen molar-refractivity contribution in [1.82, 2.24) is 0 Å². The van der Waals surface area contributed by atoms with Crippen molar-refractivity contribution in [3.8, 4) is 5.75 Å². The van der Waals surface area contributed by atoms with E-state index in [1.807, 2.05) is 13.0 Å². The Morgan fingerprint density at radius 2 is 2.31 bits per heavy atom. The molecule has 1 aliphatic heterocycles. The van der Waals surface area contributed by atoms with Crippen molar-refractivity contribution in [2.75, 3.05) is 13.7 Å². The summed E-state index contributed by atoms with van der Waals surface area (Å²) in [5.41, 5.74) is 0.685. The molecular weight excluding hydrogens is 208 g/mol. The first-order valence-corrected chi connectivity index (χ1v) is 5.25. The van der Waals surface area contributed by atoms with Crippen molar-refractivity contribution in [3.05, 3.63) is 29.8 Å². The first-order chi connectivity index (χ1) is 7.73. The van der Waals surface area contributed by atoms with Gasteiger partial charge >= 0.3 is 11.8 Å². The second kappa shape index (κ2) is 4.14. The minimum Gasteiger partial charge on any atom is -0.464 e. The van der Waals surface area contributed by atoms with Gasteiger partial charge in [-0.3, -0.25) is 0 Å². The van der Waals surface area contributed by atoms with E-state index in [2.05, 4.69) is 0 Å². The van der Waals surface area contributed by atoms with Crippen LogP contribution in [0.4, 0.5) is 0 Å². The van der Waals surface area contributed by atoms with Gasteiger partial charge in [0.2, 0.25) is 0 Å². The summed E-state index contributed by atoms with van der Waals surface area (Å²) in [4.78, 5) is 11.8. The highest BCUT2D eigenvalue weighted by Gasteiger charge is 2.49. The number of carbonyl (C=O) groups is 1. The molecule has 1 aromatic carbocycles. The van der Waals surface area contributed by atoms with Crippen molar-refractivity contribution in [2.45, 2.75) is 19.1 Å². The lowest BCUT2D eigenvalue weighted by atomic mass is 10.1. The highest BCUT2D eigenvalue weighted by Crippen LogP contribution is 2.38. The van der Waals surface area contributed by atoms with Crippen LogP contribution in [-0.4, -0.2) is 19.7 Å². The summed E-state index contributed by atoms with van der Waals surface area (Å²) in [6.45, 7) is 2.41. The van der Waals surface area contributed by atoms with Crippen LogP contribution in [0.3, 0.4) is 0 Å². The molecule has 4 heteroatoms. The maximum atomic E-state index is 11.8. The van der Waals surface area contributed by atoms with E-state index >= 15 is 0 Å². The summed E-state index contributed by atoms with van der Waals surface area (Å²) in [6.07, 6.45) is 0.804. The third-order valence-corrected chi connectivity index (χ3v) is 2.44. The molecule has 0 radical (unpaired) electrons. The van der Waals surface area contributed by atoms with Gasteiger partial charge in [-0.1, -0.05) is 19.1 Å². The molecule has 1 aliphatic rings. The first kappa shape index (κ1) is 11.0. The number of esters is 1. The van der Waals surface area contributed by atoms with E-state index in [9.17, 15) is 4.79 Å². The molecule has 4 nitrogen and oxygen atoms in total. The molecule has 0 saturated carbocycles. The maximum Gasteiger partial charge on any atom is 0.384 e. The molecule has 0 amide bonds. The van der Waals surface area contributed by atoms with Crippen LogP contribution in [0.15, 0.2) is 24.3 Å². The fraction of sp³-hybridized carbons (Fsp3) is 0.417. The minimum atomic E-state index is -1.40. The molecule has 0 saturated heterocycles. The fourth-order valence-corrected chi connectivity index (χ4v) is 1.70. The first-order valence-electron chi connectivity index (χ1n) is 5.25. The van der Waals surface area contributed by atoms with Crippen molar-refractivity contribution >= 4 is 5.97 Å². The highest BCUT2D eigenvalue weighted by molar-refractivity contribution is 5.81. The average molecular weight is 222 g/mol. The zero-order chi connectivity index (χ0) is 11.6. The van der Waals surface area contributed by atoms with Gasteiger partial charge in [-0.15, -0.1) is 0 Å². The molecular formula is C12H14O4. The molecule has 1 unspecified atom stereocenters. The molecule has 0 N–H and O–H groups in total. The number of fused-ring (bicyclic) bond motifs is 2. The summed E-state index contributed by atoms with van der Waals surface area (Å²) in [5.74, 6) is -1.30. The lowest BCUT2D eigenvalue weighted by molar-refractivity contribution is -0.216. The van der Waals surface area contributed by atoms with E-state index < -0.39 is 11.8 Å². The van der Waals surface area contributed by atoms with Crippen LogP contribution >= 0.6 is 0 Å². The molecule has 2 bridgehead atoms. The van der Waals surface area contributed by atoms with Crippen LogP contribution in [0, 0.1) is 0 Å². The number of benzene rings is 1. The number of hydrogen-bond acceptors (Lipinski definition) is 4. The van der Waals surface area contributed by atoms with Crippen molar-refractivity contribution in [1.29, 1.82) is 0 Å². The summed E-state index contributed by atoms with van der Waals surface area (Å²) < 4.78 is 15.8. The van der Waals surface area contributed by atoms with Crippen molar-refractivity contribution in [2.24, 2.45) is 0 Å². The Hall–Kier alpha value is -1.55.